The number of ether oxygens (including phenoxy) is 1. The van der Waals surface area contributed by atoms with E-state index in [9.17, 15) is 4.79 Å². The molecular weight excluding hydrogens is 266 g/mol. The van der Waals surface area contributed by atoms with Crippen molar-refractivity contribution in [2.45, 2.75) is 26.3 Å². The van der Waals surface area contributed by atoms with Gasteiger partial charge in [0, 0.05) is 49.0 Å². The van der Waals surface area contributed by atoms with Crippen LogP contribution in [0.5, 0.6) is 5.75 Å². The number of carbonyl (C=O) groups excluding carboxylic acids is 1. The van der Waals surface area contributed by atoms with Crippen molar-refractivity contribution in [2.24, 2.45) is 0 Å². The molecule has 0 radical (unpaired) electrons. The number of amides is 1. The summed E-state index contributed by atoms with van der Waals surface area (Å²) in [6.07, 6.45) is 0. The average Bonchev–Trinajstić information content (AvgIpc) is 2.45. The third-order valence-corrected chi connectivity index (χ3v) is 3.93. The van der Waals surface area contributed by atoms with Gasteiger partial charge in [0.15, 0.2) is 0 Å². The van der Waals surface area contributed by atoms with E-state index in [-0.39, 0.29) is 11.4 Å². The van der Waals surface area contributed by atoms with Crippen molar-refractivity contribution in [3.8, 4) is 5.75 Å². The Labute approximate surface area is 126 Å². The highest BCUT2D eigenvalue weighted by molar-refractivity contribution is 5.95. The van der Waals surface area contributed by atoms with Crippen LogP contribution in [0.3, 0.4) is 0 Å². The van der Waals surface area contributed by atoms with Crippen molar-refractivity contribution >= 4 is 11.6 Å². The van der Waals surface area contributed by atoms with Crippen LogP contribution in [-0.4, -0.2) is 54.5 Å². The normalized spacial score (nSPS) is 16.9. The maximum Gasteiger partial charge on any atom is 0.254 e. The lowest BCUT2D eigenvalue weighted by atomic mass is 10.0. The third kappa shape index (κ3) is 3.67. The Balaban J connectivity index is 2.07. The average molecular weight is 291 g/mol. The smallest absolute Gasteiger partial charge is 0.254 e. The van der Waals surface area contributed by atoms with Crippen LogP contribution in [0.1, 0.15) is 31.1 Å². The van der Waals surface area contributed by atoms with E-state index in [1.165, 1.54) is 0 Å². The molecule has 116 valence electrons. The van der Waals surface area contributed by atoms with Crippen LogP contribution in [0, 0.1) is 0 Å². The molecule has 1 aromatic rings. The van der Waals surface area contributed by atoms with Crippen LogP contribution in [0.15, 0.2) is 18.2 Å². The minimum Gasteiger partial charge on any atom is -0.497 e. The summed E-state index contributed by atoms with van der Waals surface area (Å²) >= 11 is 0. The van der Waals surface area contributed by atoms with Gasteiger partial charge in [-0.05, 0) is 32.9 Å². The van der Waals surface area contributed by atoms with Crippen LogP contribution >= 0.6 is 0 Å². The van der Waals surface area contributed by atoms with Gasteiger partial charge >= 0.3 is 0 Å². The SMILES string of the molecule is COc1cc(N)cc(C(=O)N2CCN(C(C)(C)C)CC2)c1. The number of benzene rings is 1. The summed E-state index contributed by atoms with van der Waals surface area (Å²) in [6, 6.07) is 5.17. The summed E-state index contributed by atoms with van der Waals surface area (Å²) in [5.41, 5.74) is 7.11. The zero-order chi connectivity index (χ0) is 15.6. The van der Waals surface area contributed by atoms with Crippen molar-refractivity contribution in [3.05, 3.63) is 23.8 Å². The molecule has 1 heterocycles. The fourth-order valence-electron chi connectivity index (χ4n) is 2.63. The Morgan fingerprint density at radius 3 is 2.29 bits per heavy atom. The van der Waals surface area contributed by atoms with Gasteiger partial charge in [0.25, 0.3) is 5.91 Å². The molecule has 0 aliphatic carbocycles. The first-order valence-corrected chi connectivity index (χ1v) is 7.30. The minimum absolute atomic E-state index is 0.0224. The molecule has 1 aliphatic heterocycles. The van der Waals surface area contributed by atoms with Gasteiger partial charge in [-0.15, -0.1) is 0 Å². The third-order valence-electron chi connectivity index (χ3n) is 3.93. The summed E-state index contributed by atoms with van der Waals surface area (Å²) in [5.74, 6) is 0.640. The van der Waals surface area contributed by atoms with Crippen LogP contribution in [0.25, 0.3) is 0 Å². The number of nitrogens with zero attached hydrogens (tertiary/aromatic N) is 2. The predicted molar refractivity (Wildman–Crippen MR) is 84.6 cm³/mol. The van der Waals surface area contributed by atoms with Gasteiger partial charge in [0.1, 0.15) is 5.75 Å². The molecule has 0 bridgehead atoms. The molecule has 2 N–H and O–H groups in total. The van der Waals surface area contributed by atoms with Crippen LogP contribution in [-0.2, 0) is 0 Å². The number of piperazine rings is 1. The number of nitrogen functional groups attached to an aromatic ring is 1. The van der Waals surface area contributed by atoms with Crippen molar-refractivity contribution in [2.75, 3.05) is 39.0 Å². The summed E-state index contributed by atoms with van der Waals surface area (Å²) in [6.45, 7) is 9.89. The quantitative estimate of drug-likeness (QED) is 0.845. The van der Waals surface area contributed by atoms with Gasteiger partial charge in [-0.25, -0.2) is 0 Å². The molecule has 0 aromatic heterocycles. The zero-order valence-corrected chi connectivity index (χ0v) is 13.3. The number of nitrogens with two attached hydrogens (primary N) is 1. The van der Waals surface area contributed by atoms with Gasteiger partial charge in [-0.1, -0.05) is 0 Å². The number of methoxy groups -OCH3 is 1. The molecule has 2 rings (SSSR count). The molecule has 0 saturated carbocycles. The molecule has 1 saturated heterocycles. The van der Waals surface area contributed by atoms with E-state index in [1.807, 2.05) is 4.90 Å². The van der Waals surface area contributed by atoms with Gasteiger partial charge in [-0.2, -0.15) is 0 Å². The first kappa shape index (κ1) is 15.6. The topological polar surface area (TPSA) is 58.8 Å². The van der Waals surface area contributed by atoms with Crippen molar-refractivity contribution < 1.29 is 9.53 Å². The van der Waals surface area contributed by atoms with Crippen LogP contribution in [0.2, 0.25) is 0 Å². The first-order valence-electron chi connectivity index (χ1n) is 7.30. The molecule has 1 aromatic carbocycles. The number of hydrogen-bond acceptors (Lipinski definition) is 4. The molecule has 0 atom stereocenters. The Hall–Kier alpha value is -1.75. The first-order chi connectivity index (χ1) is 9.81. The van der Waals surface area contributed by atoms with Crippen LogP contribution < -0.4 is 10.5 Å². The lowest BCUT2D eigenvalue weighted by Gasteiger charge is -2.42. The molecule has 1 fully saturated rings. The highest BCUT2D eigenvalue weighted by Crippen LogP contribution is 2.21. The largest absolute Gasteiger partial charge is 0.497 e. The molecule has 1 amide bonds. The Kier molecular flexibility index (Phi) is 4.42. The number of hydrogen-bond donors (Lipinski definition) is 1. The van der Waals surface area contributed by atoms with E-state index < -0.39 is 0 Å². The standard InChI is InChI=1S/C16H25N3O2/c1-16(2,3)19-7-5-18(6-8-19)15(20)12-9-13(17)11-14(10-12)21-4/h9-11H,5-8,17H2,1-4H3. The second-order valence-electron chi connectivity index (χ2n) is 6.44. The number of carbonyl (C=O) groups is 1. The molecule has 0 unspecified atom stereocenters. The fraction of sp³-hybridized carbons (Fsp3) is 0.562. The summed E-state index contributed by atoms with van der Waals surface area (Å²) in [4.78, 5) is 16.9. The van der Waals surface area contributed by atoms with E-state index in [4.69, 9.17) is 10.5 Å². The Morgan fingerprint density at radius 1 is 1.14 bits per heavy atom. The van der Waals surface area contributed by atoms with Gasteiger partial charge in [-0.3, -0.25) is 9.69 Å². The minimum atomic E-state index is 0.0224. The Bertz CT molecular complexity index is 515. The van der Waals surface area contributed by atoms with E-state index >= 15 is 0 Å². The van der Waals surface area contributed by atoms with E-state index in [0.717, 1.165) is 26.2 Å². The summed E-state index contributed by atoms with van der Waals surface area (Å²) in [7, 11) is 1.57. The molecule has 21 heavy (non-hydrogen) atoms. The maximum atomic E-state index is 12.6. The van der Waals surface area contributed by atoms with Gasteiger partial charge in [0.2, 0.25) is 0 Å². The van der Waals surface area contributed by atoms with Gasteiger partial charge < -0.3 is 15.4 Å². The molecule has 5 nitrogen and oxygen atoms in total. The van der Waals surface area contributed by atoms with E-state index in [2.05, 4.69) is 25.7 Å². The highest BCUT2D eigenvalue weighted by atomic mass is 16.5. The lowest BCUT2D eigenvalue weighted by Crippen LogP contribution is -2.54. The number of rotatable bonds is 2. The maximum absolute atomic E-state index is 12.6. The predicted octanol–water partition coefficient (Wildman–Crippen LogP) is 1.83. The van der Waals surface area contributed by atoms with Crippen molar-refractivity contribution in [1.82, 2.24) is 9.80 Å². The lowest BCUT2D eigenvalue weighted by molar-refractivity contribution is 0.0451. The Morgan fingerprint density at radius 2 is 1.76 bits per heavy atom. The van der Waals surface area contributed by atoms with Crippen LogP contribution in [0.4, 0.5) is 5.69 Å². The van der Waals surface area contributed by atoms with E-state index in [0.29, 0.717) is 17.0 Å². The van der Waals surface area contributed by atoms with Crippen molar-refractivity contribution in [1.29, 1.82) is 0 Å². The molecule has 1 aliphatic rings. The molecular formula is C16H25N3O2. The highest BCUT2D eigenvalue weighted by Gasteiger charge is 2.28. The van der Waals surface area contributed by atoms with Crippen molar-refractivity contribution in [3.63, 3.8) is 0 Å². The van der Waals surface area contributed by atoms with Gasteiger partial charge in [0.05, 0.1) is 7.11 Å². The summed E-state index contributed by atoms with van der Waals surface area (Å²) < 4.78 is 5.18. The summed E-state index contributed by atoms with van der Waals surface area (Å²) in [5, 5.41) is 0. The second-order valence-corrected chi connectivity index (χ2v) is 6.44. The number of anilines is 1. The molecule has 0 spiro atoms. The zero-order valence-electron chi connectivity index (χ0n) is 13.3. The molecule has 5 heteroatoms. The second kappa shape index (κ2) is 5.93. The fourth-order valence-corrected chi connectivity index (χ4v) is 2.63. The van der Waals surface area contributed by atoms with E-state index in [1.54, 1.807) is 25.3 Å². The monoisotopic (exact) mass is 291 g/mol.